The van der Waals surface area contributed by atoms with Gasteiger partial charge in [-0.1, -0.05) is 18.0 Å². The summed E-state index contributed by atoms with van der Waals surface area (Å²) in [6.45, 7) is 2.40. The lowest BCUT2D eigenvalue weighted by atomic mass is 10.1. The lowest BCUT2D eigenvalue weighted by Gasteiger charge is -2.25. The Morgan fingerprint density at radius 3 is 2.82 bits per heavy atom. The van der Waals surface area contributed by atoms with E-state index < -0.39 is 0 Å². The Morgan fingerprint density at radius 2 is 2.12 bits per heavy atom. The molecule has 1 amide bonds. The van der Waals surface area contributed by atoms with Gasteiger partial charge < -0.3 is 5.32 Å². The van der Waals surface area contributed by atoms with Gasteiger partial charge in [-0.05, 0) is 25.9 Å². The number of hydrogen-bond donors (Lipinski definition) is 1. The standard InChI is InChI=1S/C11H15ClN4O/c12-9-6-13-7-10(14-9)15-11(17)8-16-4-2-1-3-5-16/h6-7H,1-5,8H2,(H,14,15,17). The van der Waals surface area contributed by atoms with Crippen molar-refractivity contribution in [1.29, 1.82) is 0 Å². The maximum atomic E-state index is 11.7. The molecule has 6 heteroatoms. The Labute approximate surface area is 105 Å². The van der Waals surface area contributed by atoms with Gasteiger partial charge in [-0.15, -0.1) is 0 Å². The van der Waals surface area contributed by atoms with Crippen molar-refractivity contribution in [3.63, 3.8) is 0 Å². The van der Waals surface area contributed by atoms with Gasteiger partial charge in [-0.2, -0.15) is 0 Å². The summed E-state index contributed by atoms with van der Waals surface area (Å²) in [5.74, 6) is 0.336. The number of nitrogens with one attached hydrogen (secondary N) is 1. The van der Waals surface area contributed by atoms with E-state index in [2.05, 4.69) is 20.2 Å². The summed E-state index contributed by atoms with van der Waals surface area (Å²) in [4.78, 5) is 21.7. The van der Waals surface area contributed by atoms with Crippen LogP contribution in [0.3, 0.4) is 0 Å². The van der Waals surface area contributed by atoms with Gasteiger partial charge in [0.25, 0.3) is 0 Å². The van der Waals surface area contributed by atoms with Crippen LogP contribution in [-0.4, -0.2) is 40.4 Å². The molecule has 0 aromatic carbocycles. The van der Waals surface area contributed by atoms with Crippen LogP contribution in [0.1, 0.15) is 19.3 Å². The molecule has 0 radical (unpaired) electrons. The van der Waals surface area contributed by atoms with Gasteiger partial charge in [0.15, 0.2) is 5.82 Å². The van der Waals surface area contributed by atoms with E-state index in [4.69, 9.17) is 11.6 Å². The fraction of sp³-hybridized carbons (Fsp3) is 0.545. The Balaban J connectivity index is 1.84. The Morgan fingerprint density at radius 1 is 1.35 bits per heavy atom. The van der Waals surface area contributed by atoms with Crippen LogP contribution in [0.15, 0.2) is 12.4 Å². The van der Waals surface area contributed by atoms with Crippen LogP contribution in [-0.2, 0) is 4.79 Å². The van der Waals surface area contributed by atoms with Crippen LogP contribution in [0.2, 0.25) is 5.15 Å². The van der Waals surface area contributed by atoms with Gasteiger partial charge in [-0.3, -0.25) is 14.7 Å². The maximum absolute atomic E-state index is 11.7. The van der Waals surface area contributed by atoms with Crippen molar-refractivity contribution in [2.75, 3.05) is 25.0 Å². The number of hydrogen-bond acceptors (Lipinski definition) is 4. The molecule has 0 atom stereocenters. The van der Waals surface area contributed by atoms with Crippen LogP contribution < -0.4 is 5.32 Å². The highest BCUT2D eigenvalue weighted by Crippen LogP contribution is 2.09. The predicted octanol–water partition coefficient (Wildman–Crippen LogP) is 1.55. The summed E-state index contributed by atoms with van der Waals surface area (Å²) < 4.78 is 0. The minimum Gasteiger partial charge on any atom is -0.308 e. The molecule has 1 N–H and O–H groups in total. The van der Waals surface area contributed by atoms with Gasteiger partial charge in [0.2, 0.25) is 5.91 Å². The maximum Gasteiger partial charge on any atom is 0.239 e. The zero-order valence-electron chi connectivity index (χ0n) is 9.53. The highest BCUT2D eigenvalue weighted by atomic mass is 35.5. The van der Waals surface area contributed by atoms with E-state index in [9.17, 15) is 4.79 Å². The Bertz CT molecular complexity index is 393. The van der Waals surface area contributed by atoms with Crippen LogP contribution in [0.5, 0.6) is 0 Å². The molecule has 2 heterocycles. The molecule has 1 aliphatic heterocycles. The molecule has 5 nitrogen and oxygen atoms in total. The van der Waals surface area contributed by atoms with E-state index in [-0.39, 0.29) is 11.1 Å². The molecular weight excluding hydrogens is 240 g/mol. The monoisotopic (exact) mass is 254 g/mol. The van der Waals surface area contributed by atoms with Gasteiger partial charge >= 0.3 is 0 Å². The number of nitrogens with zero attached hydrogens (tertiary/aromatic N) is 3. The van der Waals surface area contributed by atoms with E-state index in [1.54, 1.807) is 0 Å². The molecular formula is C11H15ClN4O. The number of rotatable bonds is 3. The summed E-state index contributed by atoms with van der Waals surface area (Å²) in [6, 6.07) is 0. The number of likely N-dealkylation sites (tertiary alicyclic amines) is 1. The zero-order chi connectivity index (χ0) is 12.1. The molecule has 2 rings (SSSR count). The van der Waals surface area contributed by atoms with Crippen LogP contribution >= 0.6 is 11.6 Å². The van der Waals surface area contributed by atoms with Gasteiger partial charge in [0.05, 0.1) is 18.9 Å². The zero-order valence-corrected chi connectivity index (χ0v) is 10.3. The number of carbonyl (C=O) groups is 1. The normalized spacial score (nSPS) is 16.8. The first-order valence-electron chi connectivity index (χ1n) is 5.74. The molecule has 1 aliphatic rings. The third-order valence-corrected chi connectivity index (χ3v) is 2.87. The first kappa shape index (κ1) is 12.3. The second-order valence-corrected chi connectivity index (χ2v) is 4.50. The molecule has 92 valence electrons. The average Bonchev–Trinajstić information content (AvgIpc) is 2.30. The minimum atomic E-state index is -0.0662. The Kier molecular flexibility index (Phi) is 4.28. The van der Waals surface area contributed by atoms with Crippen molar-refractivity contribution in [2.45, 2.75) is 19.3 Å². The first-order valence-corrected chi connectivity index (χ1v) is 6.11. The van der Waals surface area contributed by atoms with E-state index >= 15 is 0 Å². The van der Waals surface area contributed by atoms with Crippen LogP contribution in [0.4, 0.5) is 5.82 Å². The van der Waals surface area contributed by atoms with Crippen molar-refractivity contribution in [2.24, 2.45) is 0 Å². The molecule has 1 aromatic rings. The lowest BCUT2D eigenvalue weighted by molar-refractivity contribution is -0.117. The molecule has 0 unspecified atom stereocenters. The smallest absolute Gasteiger partial charge is 0.239 e. The molecule has 17 heavy (non-hydrogen) atoms. The molecule has 0 aliphatic carbocycles. The number of amides is 1. The lowest BCUT2D eigenvalue weighted by Crippen LogP contribution is -2.36. The van der Waals surface area contributed by atoms with Gasteiger partial charge in [-0.25, -0.2) is 4.98 Å². The molecule has 1 saturated heterocycles. The molecule has 1 aromatic heterocycles. The molecule has 1 fully saturated rings. The van der Waals surface area contributed by atoms with Gasteiger partial charge in [0, 0.05) is 0 Å². The second-order valence-electron chi connectivity index (χ2n) is 4.11. The van der Waals surface area contributed by atoms with Crippen molar-refractivity contribution < 1.29 is 4.79 Å². The van der Waals surface area contributed by atoms with E-state index in [1.807, 2.05) is 0 Å². The highest BCUT2D eigenvalue weighted by Gasteiger charge is 2.14. The fourth-order valence-corrected chi connectivity index (χ4v) is 2.05. The first-order chi connectivity index (χ1) is 8.24. The SMILES string of the molecule is O=C(CN1CCCCC1)Nc1cncc(Cl)n1. The molecule has 0 spiro atoms. The fourth-order valence-electron chi connectivity index (χ4n) is 1.91. The van der Waals surface area contributed by atoms with Crippen molar-refractivity contribution in [3.05, 3.63) is 17.5 Å². The van der Waals surface area contributed by atoms with Gasteiger partial charge in [0.1, 0.15) is 5.15 Å². The van der Waals surface area contributed by atoms with E-state index in [0.29, 0.717) is 12.4 Å². The van der Waals surface area contributed by atoms with Crippen molar-refractivity contribution in [3.8, 4) is 0 Å². The quantitative estimate of drug-likeness (QED) is 0.889. The summed E-state index contributed by atoms with van der Waals surface area (Å²) >= 11 is 5.68. The summed E-state index contributed by atoms with van der Waals surface area (Å²) in [5.41, 5.74) is 0. The third-order valence-electron chi connectivity index (χ3n) is 2.69. The van der Waals surface area contributed by atoms with Crippen LogP contribution in [0.25, 0.3) is 0 Å². The average molecular weight is 255 g/mol. The summed E-state index contributed by atoms with van der Waals surface area (Å²) in [5, 5.41) is 2.97. The largest absolute Gasteiger partial charge is 0.308 e. The number of halogens is 1. The van der Waals surface area contributed by atoms with E-state index in [0.717, 1.165) is 13.1 Å². The second kappa shape index (κ2) is 5.93. The third kappa shape index (κ3) is 3.94. The predicted molar refractivity (Wildman–Crippen MR) is 66.0 cm³/mol. The van der Waals surface area contributed by atoms with Crippen LogP contribution in [0, 0.1) is 0 Å². The van der Waals surface area contributed by atoms with Crippen molar-refractivity contribution >= 4 is 23.3 Å². The number of piperidine rings is 1. The number of carbonyl (C=O) groups excluding carboxylic acids is 1. The summed E-state index contributed by atoms with van der Waals surface area (Å²) in [6.07, 6.45) is 6.52. The summed E-state index contributed by atoms with van der Waals surface area (Å²) in [7, 11) is 0. The topological polar surface area (TPSA) is 58.1 Å². The Hall–Kier alpha value is -1.20. The highest BCUT2D eigenvalue weighted by molar-refractivity contribution is 6.29. The number of aromatic nitrogens is 2. The van der Waals surface area contributed by atoms with Crippen molar-refractivity contribution in [1.82, 2.24) is 14.9 Å². The minimum absolute atomic E-state index is 0.0662. The number of anilines is 1. The molecule has 0 saturated carbocycles. The molecule has 0 bridgehead atoms. The van der Waals surface area contributed by atoms with E-state index in [1.165, 1.54) is 31.7 Å².